The Labute approximate surface area is 112 Å². The average Bonchev–Trinajstić information content (AvgIpc) is 2.71. The van der Waals surface area contributed by atoms with E-state index in [2.05, 4.69) is 4.72 Å². The van der Waals surface area contributed by atoms with Crippen molar-refractivity contribution in [2.24, 2.45) is 0 Å². The third-order valence-electron chi connectivity index (χ3n) is 2.99. The van der Waals surface area contributed by atoms with E-state index in [1.165, 1.54) is 7.11 Å². The van der Waals surface area contributed by atoms with Crippen LogP contribution in [0.15, 0.2) is 24.3 Å². The molecule has 1 saturated heterocycles. The number of sulfonamides is 1. The minimum atomic E-state index is -3.73. The second-order valence-electron chi connectivity index (χ2n) is 4.37. The Bertz CT molecular complexity index is 666. The number of hydrogen-bond donors (Lipinski definition) is 1. The Morgan fingerprint density at radius 2 is 2.00 bits per heavy atom. The molecule has 0 amide bonds. The molecule has 1 aromatic carbocycles. The maximum Gasteiger partial charge on any atom is 0.236 e. The van der Waals surface area contributed by atoms with E-state index in [-0.39, 0.29) is 17.9 Å². The van der Waals surface area contributed by atoms with Gasteiger partial charge in [0.1, 0.15) is 5.75 Å². The van der Waals surface area contributed by atoms with Crippen LogP contribution >= 0.6 is 0 Å². The van der Waals surface area contributed by atoms with Gasteiger partial charge in [-0.15, -0.1) is 0 Å². The molecule has 0 unspecified atom stereocenters. The third kappa shape index (κ3) is 3.19. The minimum absolute atomic E-state index is 0.0789. The lowest BCUT2D eigenvalue weighted by Crippen LogP contribution is -2.29. The van der Waals surface area contributed by atoms with E-state index < -0.39 is 25.1 Å². The lowest BCUT2D eigenvalue weighted by atomic mass is 10.3. The van der Waals surface area contributed by atoms with Gasteiger partial charge < -0.3 is 4.74 Å². The Morgan fingerprint density at radius 3 is 2.58 bits per heavy atom. The number of para-hydroxylation sites is 2. The van der Waals surface area contributed by atoms with Gasteiger partial charge in [-0.05, 0) is 18.6 Å². The second-order valence-corrected chi connectivity index (χ2v) is 8.56. The SMILES string of the molecule is COc1ccccc1NS(=O)(=O)[C@H]1CCS(=O)(=O)C1. The predicted octanol–water partition coefficient (Wildman–Crippen LogP) is 0.624. The lowest BCUT2D eigenvalue weighted by Gasteiger charge is -2.14. The van der Waals surface area contributed by atoms with Crippen LogP contribution in [0.25, 0.3) is 0 Å². The van der Waals surface area contributed by atoms with Gasteiger partial charge in [0.25, 0.3) is 0 Å². The molecule has 1 heterocycles. The van der Waals surface area contributed by atoms with E-state index in [1.54, 1.807) is 24.3 Å². The predicted molar refractivity (Wildman–Crippen MR) is 72.6 cm³/mol. The molecule has 106 valence electrons. The molecule has 1 N–H and O–H groups in total. The van der Waals surface area contributed by atoms with Crippen molar-refractivity contribution in [3.05, 3.63) is 24.3 Å². The first kappa shape index (κ1) is 14.1. The van der Waals surface area contributed by atoms with Gasteiger partial charge in [-0.2, -0.15) is 0 Å². The van der Waals surface area contributed by atoms with E-state index in [9.17, 15) is 16.8 Å². The van der Waals surface area contributed by atoms with Crippen molar-refractivity contribution in [2.75, 3.05) is 23.3 Å². The van der Waals surface area contributed by atoms with Crippen LogP contribution in [0.3, 0.4) is 0 Å². The van der Waals surface area contributed by atoms with Crippen molar-refractivity contribution in [2.45, 2.75) is 11.7 Å². The second kappa shape index (κ2) is 5.01. The number of ether oxygens (including phenoxy) is 1. The summed E-state index contributed by atoms with van der Waals surface area (Å²) in [5.41, 5.74) is 0.314. The van der Waals surface area contributed by atoms with Crippen molar-refractivity contribution in [1.82, 2.24) is 0 Å². The fourth-order valence-electron chi connectivity index (χ4n) is 1.97. The summed E-state index contributed by atoms with van der Waals surface area (Å²) >= 11 is 0. The summed E-state index contributed by atoms with van der Waals surface area (Å²) in [5.74, 6) is -0.00551. The zero-order valence-electron chi connectivity index (χ0n) is 10.4. The van der Waals surface area contributed by atoms with Gasteiger partial charge in [-0.25, -0.2) is 16.8 Å². The van der Waals surface area contributed by atoms with Gasteiger partial charge >= 0.3 is 0 Å². The smallest absolute Gasteiger partial charge is 0.236 e. The molecule has 1 fully saturated rings. The molecule has 2 rings (SSSR count). The van der Waals surface area contributed by atoms with Crippen molar-refractivity contribution in [1.29, 1.82) is 0 Å². The van der Waals surface area contributed by atoms with Crippen LogP contribution in [0, 0.1) is 0 Å². The molecule has 0 bridgehead atoms. The maximum absolute atomic E-state index is 12.1. The zero-order valence-corrected chi connectivity index (χ0v) is 12.0. The Kier molecular flexibility index (Phi) is 3.73. The minimum Gasteiger partial charge on any atom is -0.495 e. The molecule has 8 heteroatoms. The summed E-state index contributed by atoms with van der Waals surface area (Å²) in [6, 6.07) is 6.59. The van der Waals surface area contributed by atoms with Crippen LogP contribution in [-0.4, -0.2) is 40.7 Å². The Balaban J connectivity index is 2.23. The molecule has 0 saturated carbocycles. The highest BCUT2D eigenvalue weighted by atomic mass is 32.2. The fraction of sp³-hybridized carbons (Fsp3) is 0.455. The molecule has 19 heavy (non-hydrogen) atoms. The van der Waals surface area contributed by atoms with Gasteiger partial charge in [0.05, 0.1) is 29.6 Å². The van der Waals surface area contributed by atoms with Crippen LogP contribution in [0.1, 0.15) is 6.42 Å². The standard InChI is InChI=1S/C11H15NO5S2/c1-17-11-5-3-2-4-10(11)12-19(15,16)9-6-7-18(13,14)8-9/h2-5,9,12H,6-8H2,1H3/t9-/m0/s1. The third-order valence-corrected chi connectivity index (χ3v) is 6.75. The quantitative estimate of drug-likeness (QED) is 0.881. The Hall–Kier alpha value is -1.28. The summed E-state index contributed by atoms with van der Waals surface area (Å²) in [6.07, 6.45) is 0.132. The van der Waals surface area contributed by atoms with Gasteiger partial charge in [0, 0.05) is 0 Å². The molecular weight excluding hydrogens is 290 g/mol. The van der Waals surface area contributed by atoms with Crippen LogP contribution in [0.5, 0.6) is 5.75 Å². The molecule has 1 aliphatic heterocycles. The topological polar surface area (TPSA) is 89.5 Å². The van der Waals surface area contributed by atoms with Crippen LogP contribution < -0.4 is 9.46 Å². The van der Waals surface area contributed by atoms with Crippen LogP contribution in [0.2, 0.25) is 0 Å². The van der Waals surface area contributed by atoms with Crippen LogP contribution in [-0.2, 0) is 19.9 Å². The van der Waals surface area contributed by atoms with Crippen molar-refractivity contribution < 1.29 is 21.6 Å². The summed E-state index contributed by atoms with van der Waals surface area (Å²) in [4.78, 5) is 0. The number of anilines is 1. The average molecular weight is 305 g/mol. The van der Waals surface area contributed by atoms with E-state index in [0.717, 1.165) is 0 Å². The van der Waals surface area contributed by atoms with E-state index in [1.807, 2.05) is 0 Å². The van der Waals surface area contributed by atoms with Crippen LogP contribution in [0.4, 0.5) is 5.69 Å². The molecular formula is C11H15NO5S2. The number of nitrogens with one attached hydrogen (secondary N) is 1. The summed E-state index contributed by atoms with van der Waals surface area (Å²) < 4.78 is 54.4. The monoisotopic (exact) mass is 305 g/mol. The van der Waals surface area contributed by atoms with Gasteiger partial charge in [0.15, 0.2) is 9.84 Å². The maximum atomic E-state index is 12.1. The van der Waals surface area contributed by atoms with E-state index in [0.29, 0.717) is 11.4 Å². The van der Waals surface area contributed by atoms with Gasteiger partial charge in [-0.3, -0.25) is 4.72 Å². The molecule has 1 aliphatic rings. The summed E-state index contributed by atoms with van der Waals surface area (Å²) in [7, 11) is -5.53. The number of hydrogen-bond acceptors (Lipinski definition) is 5. The summed E-state index contributed by atoms with van der Waals surface area (Å²) in [5, 5.41) is -0.901. The lowest BCUT2D eigenvalue weighted by molar-refractivity contribution is 0.417. The number of methoxy groups -OCH3 is 1. The largest absolute Gasteiger partial charge is 0.495 e. The molecule has 1 aromatic rings. The zero-order chi connectivity index (χ0) is 14.1. The Morgan fingerprint density at radius 1 is 1.32 bits per heavy atom. The summed E-state index contributed by atoms with van der Waals surface area (Å²) in [6.45, 7) is 0. The highest BCUT2D eigenvalue weighted by molar-refractivity contribution is 7.97. The highest BCUT2D eigenvalue weighted by Gasteiger charge is 2.37. The number of benzene rings is 1. The van der Waals surface area contributed by atoms with E-state index in [4.69, 9.17) is 4.74 Å². The van der Waals surface area contributed by atoms with Gasteiger partial charge in [-0.1, -0.05) is 12.1 Å². The first-order chi connectivity index (χ1) is 8.84. The molecule has 6 nitrogen and oxygen atoms in total. The normalized spacial score (nSPS) is 22.1. The molecule has 1 atom stereocenters. The molecule has 0 spiro atoms. The first-order valence-electron chi connectivity index (χ1n) is 5.69. The number of sulfone groups is 1. The highest BCUT2D eigenvalue weighted by Crippen LogP contribution is 2.27. The van der Waals surface area contributed by atoms with E-state index >= 15 is 0 Å². The van der Waals surface area contributed by atoms with Crippen molar-refractivity contribution in [3.63, 3.8) is 0 Å². The van der Waals surface area contributed by atoms with Crippen molar-refractivity contribution >= 4 is 25.5 Å². The number of rotatable bonds is 4. The first-order valence-corrected chi connectivity index (χ1v) is 9.06. The molecule has 0 aromatic heterocycles. The van der Waals surface area contributed by atoms with Gasteiger partial charge in [0.2, 0.25) is 10.0 Å². The fourth-order valence-corrected chi connectivity index (χ4v) is 6.07. The molecule has 0 radical (unpaired) electrons. The van der Waals surface area contributed by atoms with Crippen molar-refractivity contribution in [3.8, 4) is 5.75 Å². The molecule has 0 aliphatic carbocycles.